The van der Waals surface area contributed by atoms with Gasteiger partial charge in [0.25, 0.3) is 0 Å². The van der Waals surface area contributed by atoms with E-state index in [9.17, 15) is 9.59 Å². The third-order valence-electron chi connectivity index (χ3n) is 10.4. The van der Waals surface area contributed by atoms with Crippen LogP contribution in [0.4, 0.5) is 0 Å². The van der Waals surface area contributed by atoms with Crippen LogP contribution in [0, 0.1) is 23.2 Å². The Bertz CT molecular complexity index is 1000. The van der Waals surface area contributed by atoms with Crippen LogP contribution in [0.1, 0.15) is 106 Å². The summed E-state index contributed by atoms with van der Waals surface area (Å²) < 4.78 is 12.4. The molecule has 0 N–H and O–H groups in total. The summed E-state index contributed by atoms with van der Waals surface area (Å²) in [5.74, 6) is 1.89. The number of ether oxygens (including phenoxy) is 2. The largest absolute Gasteiger partial charge is 0.460 e. The molecule has 39 heavy (non-hydrogen) atoms. The van der Waals surface area contributed by atoms with E-state index in [4.69, 9.17) is 9.47 Å². The van der Waals surface area contributed by atoms with Crippen molar-refractivity contribution in [1.82, 2.24) is 4.98 Å². The van der Waals surface area contributed by atoms with Gasteiger partial charge in [0.15, 0.2) is 0 Å². The smallest absolute Gasteiger partial charge is 0.311 e. The van der Waals surface area contributed by atoms with Crippen LogP contribution in [-0.2, 0) is 24.4 Å². The molecule has 1 aromatic heterocycles. The van der Waals surface area contributed by atoms with Crippen LogP contribution >= 0.6 is 0 Å². The van der Waals surface area contributed by atoms with Gasteiger partial charge >= 0.3 is 11.9 Å². The number of hydrogen-bond donors (Lipinski definition) is 0. The molecule has 2 unspecified atom stereocenters. The number of aromatic nitrogens is 1. The molecular weight excluding hydrogens is 484 g/mol. The SMILES string of the molecule is CCC(C)(BCC(C)(BCC(C)(C)C(=O)OC(C)(C)C)C(=O)OC12CC3CC(CC(C3)C1)C2)c1ccncc1. The lowest BCUT2D eigenvalue weighted by Crippen LogP contribution is -2.54. The number of nitrogens with zero attached hydrogens (tertiary/aromatic N) is 1. The predicted molar refractivity (Wildman–Crippen MR) is 161 cm³/mol. The van der Waals surface area contributed by atoms with Crippen LogP contribution in [-0.4, -0.2) is 42.7 Å². The van der Waals surface area contributed by atoms with E-state index < -0.39 is 16.3 Å². The van der Waals surface area contributed by atoms with E-state index >= 15 is 0 Å². The van der Waals surface area contributed by atoms with Crippen molar-refractivity contribution in [2.75, 3.05) is 0 Å². The van der Waals surface area contributed by atoms with Crippen molar-refractivity contribution in [3.8, 4) is 0 Å². The summed E-state index contributed by atoms with van der Waals surface area (Å²) in [5.41, 5.74) is -0.240. The summed E-state index contributed by atoms with van der Waals surface area (Å²) in [7, 11) is 1.47. The van der Waals surface area contributed by atoms with Crippen LogP contribution in [0.15, 0.2) is 24.5 Å². The summed E-state index contributed by atoms with van der Waals surface area (Å²) in [5, 5.41) is -0.738. The normalized spacial score (nSPS) is 29.2. The molecule has 4 aliphatic carbocycles. The minimum Gasteiger partial charge on any atom is -0.460 e. The molecule has 2 atom stereocenters. The first-order valence-corrected chi connectivity index (χ1v) is 15.4. The van der Waals surface area contributed by atoms with Crippen molar-refractivity contribution < 1.29 is 19.1 Å². The van der Waals surface area contributed by atoms with Gasteiger partial charge in [-0.15, -0.1) is 0 Å². The molecule has 4 saturated carbocycles. The molecule has 1 heterocycles. The van der Waals surface area contributed by atoms with Gasteiger partial charge in [-0.05, 0) is 100 Å². The second kappa shape index (κ2) is 10.9. The second-order valence-electron chi connectivity index (χ2n) is 15.6. The Morgan fingerprint density at radius 1 is 0.872 bits per heavy atom. The Labute approximate surface area is 238 Å². The summed E-state index contributed by atoms with van der Waals surface area (Å²) in [6.07, 6.45) is 13.0. The van der Waals surface area contributed by atoms with Gasteiger partial charge in [-0.25, -0.2) is 0 Å². The lowest BCUT2D eigenvalue weighted by Gasteiger charge is -2.56. The fourth-order valence-electron chi connectivity index (χ4n) is 7.74. The van der Waals surface area contributed by atoms with Crippen molar-refractivity contribution in [2.45, 2.75) is 135 Å². The van der Waals surface area contributed by atoms with Gasteiger partial charge in [0.2, 0.25) is 0 Å². The zero-order valence-corrected chi connectivity index (χ0v) is 25.9. The maximum absolute atomic E-state index is 14.3. The number of hydrogen-bond acceptors (Lipinski definition) is 5. The number of esters is 2. The van der Waals surface area contributed by atoms with Crippen LogP contribution in [0.3, 0.4) is 0 Å². The molecule has 4 bridgehead atoms. The highest BCUT2D eigenvalue weighted by atomic mass is 16.6. The number of carbonyl (C=O) groups is 2. The monoisotopic (exact) mass is 535 g/mol. The summed E-state index contributed by atoms with van der Waals surface area (Å²) in [6.45, 7) is 16.2. The van der Waals surface area contributed by atoms with Crippen molar-refractivity contribution in [3.05, 3.63) is 30.1 Å². The van der Waals surface area contributed by atoms with Gasteiger partial charge in [0.1, 0.15) is 25.8 Å². The average Bonchev–Trinajstić information content (AvgIpc) is 2.84. The molecule has 0 amide bonds. The van der Waals surface area contributed by atoms with E-state index in [1.54, 1.807) is 0 Å². The zero-order valence-electron chi connectivity index (χ0n) is 25.9. The van der Waals surface area contributed by atoms with Gasteiger partial charge in [-0.2, -0.15) is 0 Å². The molecule has 0 spiro atoms. The van der Waals surface area contributed by atoms with E-state index in [-0.39, 0.29) is 22.9 Å². The molecule has 7 heteroatoms. The van der Waals surface area contributed by atoms with Crippen LogP contribution in [0.2, 0.25) is 18.0 Å². The highest BCUT2D eigenvalue weighted by Crippen LogP contribution is 2.58. The molecule has 5 rings (SSSR count). The second-order valence-corrected chi connectivity index (χ2v) is 15.6. The average molecular weight is 535 g/mol. The van der Waals surface area contributed by atoms with Gasteiger partial charge in [0.05, 0.1) is 5.41 Å². The maximum atomic E-state index is 14.3. The Kier molecular flexibility index (Phi) is 8.43. The van der Waals surface area contributed by atoms with Crippen LogP contribution in [0.5, 0.6) is 0 Å². The third kappa shape index (κ3) is 6.93. The van der Waals surface area contributed by atoms with Crippen molar-refractivity contribution >= 4 is 26.5 Å². The van der Waals surface area contributed by atoms with Gasteiger partial charge in [-0.1, -0.05) is 53.7 Å². The summed E-state index contributed by atoms with van der Waals surface area (Å²) >= 11 is 0. The van der Waals surface area contributed by atoms with E-state index in [0.717, 1.165) is 57.0 Å². The Balaban J connectivity index is 1.54. The van der Waals surface area contributed by atoms with Gasteiger partial charge in [-0.3, -0.25) is 14.6 Å². The molecular formula is C32H51B2NO4. The highest BCUT2D eigenvalue weighted by Gasteiger charge is 2.54. The molecule has 0 aliphatic heterocycles. The van der Waals surface area contributed by atoms with Gasteiger partial charge < -0.3 is 9.47 Å². The van der Waals surface area contributed by atoms with E-state index in [2.05, 4.69) is 37.9 Å². The molecule has 5 nitrogen and oxygen atoms in total. The fraction of sp³-hybridized carbons (Fsp3) is 0.781. The fourth-order valence-corrected chi connectivity index (χ4v) is 7.74. The van der Waals surface area contributed by atoms with E-state index in [1.807, 2.05) is 47.0 Å². The number of rotatable bonds is 11. The van der Waals surface area contributed by atoms with Gasteiger partial charge in [0, 0.05) is 17.7 Å². The number of pyridine rings is 1. The first-order valence-electron chi connectivity index (χ1n) is 15.4. The standard InChI is InChI=1S/C32H51B2NO4/c1-9-30(7,25-10-12-35-13-11-25)34-21-31(8,33-20-29(5,6)26(36)38-28(2,3)4)27(37)39-32-17-22-14-23(18-32)16-24(15-22)19-32/h10-13,22-24,33-34H,9,14-21H2,1-8H3. The lowest BCUT2D eigenvalue weighted by atomic mass is 9.36. The maximum Gasteiger partial charge on any atom is 0.311 e. The molecule has 1 aromatic rings. The summed E-state index contributed by atoms with van der Waals surface area (Å²) in [6, 6.07) is 4.19. The molecule has 4 fully saturated rings. The Morgan fingerprint density at radius 2 is 1.41 bits per heavy atom. The van der Waals surface area contributed by atoms with Crippen molar-refractivity contribution in [2.24, 2.45) is 23.2 Å². The van der Waals surface area contributed by atoms with Crippen molar-refractivity contribution in [3.63, 3.8) is 0 Å². The first-order chi connectivity index (χ1) is 18.1. The van der Waals surface area contributed by atoms with E-state index in [1.165, 1.54) is 24.8 Å². The first kappa shape index (κ1) is 30.2. The highest BCUT2D eigenvalue weighted by molar-refractivity contribution is 6.52. The lowest BCUT2D eigenvalue weighted by molar-refractivity contribution is -0.189. The minimum absolute atomic E-state index is 0.0578. The Morgan fingerprint density at radius 3 is 1.90 bits per heavy atom. The third-order valence-corrected chi connectivity index (χ3v) is 10.4. The summed E-state index contributed by atoms with van der Waals surface area (Å²) in [4.78, 5) is 31.5. The van der Waals surface area contributed by atoms with E-state index in [0.29, 0.717) is 13.6 Å². The Hall–Kier alpha value is -1.78. The minimum atomic E-state index is -0.686. The quantitative estimate of drug-likeness (QED) is 0.240. The molecule has 0 saturated heterocycles. The molecule has 0 radical (unpaired) electrons. The molecule has 214 valence electrons. The number of carbonyl (C=O) groups excluding carboxylic acids is 2. The predicted octanol–water partition coefficient (Wildman–Crippen LogP) is 6.47. The molecule has 0 aromatic carbocycles. The topological polar surface area (TPSA) is 65.5 Å². The van der Waals surface area contributed by atoms with Crippen LogP contribution in [0.25, 0.3) is 0 Å². The van der Waals surface area contributed by atoms with Crippen molar-refractivity contribution in [1.29, 1.82) is 0 Å². The van der Waals surface area contributed by atoms with Crippen LogP contribution < -0.4 is 0 Å². The molecule has 4 aliphatic rings. The zero-order chi connectivity index (χ0) is 28.7.